The van der Waals surface area contributed by atoms with Gasteiger partial charge in [0.05, 0.1) is 16.9 Å². The molecule has 26 heavy (non-hydrogen) atoms. The first kappa shape index (κ1) is 19.4. The number of aryl methyl sites for hydroxylation is 4. The SMILES string of the molecule is CC.Cc1cc(C)c2nn(C)cc2c1.Cc1cn2cc(N)cc(F)c2n1. The van der Waals surface area contributed by atoms with Gasteiger partial charge in [0.15, 0.2) is 11.5 Å². The molecule has 6 heteroatoms. The van der Waals surface area contributed by atoms with Crippen LogP contribution in [0.2, 0.25) is 0 Å². The molecule has 0 aliphatic heterocycles. The van der Waals surface area contributed by atoms with Crippen molar-refractivity contribution in [3.63, 3.8) is 0 Å². The van der Waals surface area contributed by atoms with E-state index >= 15 is 0 Å². The number of anilines is 1. The minimum atomic E-state index is -0.386. The van der Waals surface area contributed by atoms with Crippen LogP contribution in [-0.2, 0) is 7.05 Å². The van der Waals surface area contributed by atoms with Gasteiger partial charge in [-0.05, 0) is 32.4 Å². The molecule has 1 aromatic carbocycles. The minimum Gasteiger partial charge on any atom is -0.397 e. The second-order valence-corrected chi connectivity index (χ2v) is 6.06. The second-order valence-electron chi connectivity index (χ2n) is 6.06. The zero-order chi connectivity index (χ0) is 19.4. The molecule has 0 unspecified atom stereocenters. The van der Waals surface area contributed by atoms with Crippen LogP contribution in [0.1, 0.15) is 30.7 Å². The summed E-state index contributed by atoms with van der Waals surface area (Å²) in [5.41, 5.74) is 10.6. The van der Waals surface area contributed by atoms with Crippen LogP contribution < -0.4 is 5.73 Å². The smallest absolute Gasteiger partial charge is 0.173 e. The van der Waals surface area contributed by atoms with Gasteiger partial charge in [-0.25, -0.2) is 9.37 Å². The molecule has 0 bridgehead atoms. The fourth-order valence-electron chi connectivity index (χ4n) is 2.82. The van der Waals surface area contributed by atoms with Gasteiger partial charge in [-0.1, -0.05) is 25.5 Å². The van der Waals surface area contributed by atoms with Crippen LogP contribution in [0.3, 0.4) is 0 Å². The van der Waals surface area contributed by atoms with E-state index in [1.165, 1.54) is 22.6 Å². The third-order valence-electron chi connectivity index (χ3n) is 3.71. The van der Waals surface area contributed by atoms with Crippen LogP contribution in [0.4, 0.5) is 10.1 Å². The van der Waals surface area contributed by atoms with Gasteiger partial charge in [0, 0.05) is 37.1 Å². The fraction of sp³-hybridized carbons (Fsp3) is 0.300. The minimum absolute atomic E-state index is 0.321. The standard InChI is InChI=1S/C10H12N2.C8H8FN3.C2H6/c1-7-4-8(2)10-9(5-7)6-12(3)11-10;1-5-3-12-4-6(10)2-7(9)8(12)11-5;1-2/h4-6H,1-3H3;2-4H,10H2,1H3;1-2H3. The molecule has 0 saturated heterocycles. The van der Waals surface area contributed by atoms with Gasteiger partial charge in [-0.3, -0.25) is 4.68 Å². The average Bonchev–Trinajstić information content (AvgIpc) is 3.12. The monoisotopic (exact) mass is 355 g/mol. The summed E-state index contributed by atoms with van der Waals surface area (Å²) in [5.74, 6) is -0.386. The number of nitrogens with zero attached hydrogens (tertiary/aromatic N) is 4. The molecule has 5 nitrogen and oxygen atoms in total. The van der Waals surface area contributed by atoms with E-state index in [2.05, 4.69) is 42.3 Å². The van der Waals surface area contributed by atoms with Crippen LogP contribution in [0.5, 0.6) is 0 Å². The van der Waals surface area contributed by atoms with E-state index < -0.39 is 0 Å². The molecule has 0 fully saturated rings. The molecule has 3 aromatic heterocycles. The molecule has 0 aliphatic carbocycles. The maximum Gasteiger partial charge on any atom is 0.173 e. The first-order valence-corrected chi connectivity index (χ1v) is 8.64. The Balaban J connectivity index is 0.000000171. The van der Waals surface area contributed by atoms with Gasteiger partial charge >= 0.3 is 0 Å². The van der Waals surface area contributed by atoms with Crippen molar-refractivity contribution in [3.8, 4) is 0 Å². The van der Waals surface area contributed by atoms with E-state index in [0.717, 1.165) is 11.2 Å². The zero-order valence-electron chi connectivity index (χ0n) is 16.2. The molecular weight excluding hydrogens is 329 g/mol. The number of rotatable bonds is 0. The summed E-state index contributed by atoms with van der Waals surface area (Å²) in [6, 6.07) is 5.59. The summed E-state index contributed by atoms with van der Waals surface area (Å²) >= 11 is 0. The van der Waals surface area contributed by atoms with E-state index in [1.807, 2.05) is 32.5 Å². The lowest BCUT2D eigenvalue weighted by molar-refractivity contribution is 0.630. The Morgan fingerprint density at radius 3 is 2.38 bits per heavy atom. The van der Waals surface area contributed by atoms with Gasteiger partial charge in [0.1, 0.15) is 0 Å². The van der Waals surface area contributed by atoms with Gasteiger partial charge in [0.2, 0.25) is 0 Å². The third-order valence-corrected chi connectivity index (χ3v) is 3.71. The molecule has 0 radical (unpaired) electrons. The van der Waals surface area contributed by atoms with Crippen molar-refractivity contribution >= 4 is 22.2 Å². The highest BCUT2D eigenvalue weighted by molar-refractivity contribution is 5.82. The molecule has 0 atom stereocenters. The molecule has 4 aromatic rings. The summed E-state index contributed by atoms with van der Waals surface area (Å²) < 4.78 is 16.5. The van der Waals surface area contributed by atoms with Crippen molar-refractivity contribution in [2.45, 2.75) is 34.6 Å². The van der Waals surface area contributed by atoms with E-state index in [-0.39, 0.29) is 5.82 Å². The number of hydrogen-bond acceptors (Lipinski definition) is 3. The number of pyridine rings is 1. The van der Waals surface area contributed by atoms with E-state index in [9.17, 15) is 4.39 Å². The normalized spacial score (nSPS) is 10.3. The molecule has 2 N–H and O–H groups in total. The van der Waals surface area contributed by atoms with Gasteiger partial charge < -0.3 is 10.1 Å². The Kier molecular flexibility index (Phi) is 5.97. The largest absolute Gasteiger partial charge is 0.397 e. The number of benzene rings is 1. The Labute approximate surface area is 153 Å². The predicted octanol–water partition coefficient (Wildman–Crippen LogP) is 4.58. The van der Waals surface area contributed by atoms with Crippen molar-refractivity contribution < 1.29 is 4.39 Å². The van der Waals surface area contributed by atoms with Crippen molar-refractivity contribution in [2.24, 2.45) is 7.05 Å². The van der Waals surface area contributed by atoms with Crippen molar-refractivity contribution in [2.75, 3.05) is 5.73 Å². The summed E-state index contributed by atoms with van der Waals surface area (Å²) in [4.78, 5) is 3.99. The summed E-state index contributed by atoms with van der Waals surface area (Å²) in [6.07, 6.45) is 5.42. The number of imidazole rings is 1. The van der Waals surface area contributed by atoms with Crippen LogP contribution in [0.25, 0.3) is 16.6 Å². The van der Waals surface area contributed by atoms with Crippen LogP contribution in [0, 0.1) is 26.6 Å². The van der Waals surface area contributed by atoms with Crippen molar-refractivity contribution in [1.29, 1.82) is 0 Å². The van der Waals surface area contributed by atoms with Crippen LogP contribution in [0.15, 0.2) is 36.8 Å². The van der Waals surface area contributed by atoms with Crippen LogP contribution in [-0.4, -0.2) is 19.2 Å². The predicted molar refractivity (Wildman–Crippen MR) is 106 cm³/mol. The molecule has 0 amide bonds. The van der Waals surface area contributed by atoms with Crippen LogP contribution >= 0.6 is 0 Å². The molecule has 4 rings (SSSR count). The summed E-state index contributed by atoms with van der Waals surface area (Å²) in [5, 5.41) is 5.60. The Bertz CT molecular complexity index is 946. The molecule has 0 spiro atoms. The third kappa shape index (κ3) is 4.20. The number of hydrogen-bond donors (Lipinski definition) is 1. The average molecular weight is 355 g/mol. The summed E-state index contributed by atoms with van der Waals surface area (Å²) in [6.45, 7) is 10.0. The van der Waals surface area contributed by atoms with Crippen molar-refractivity contribution in [3.05, 3.63) is 59.4 Å². The van der Waals surface area contributed by atoms with Gasteiger partial charge in [-0.2, -0.15) is 5.10 Å². The molecule has 3 heterocycles. The quantitative estimate of drug-likeness (QED) is 0.502. The Morgan fingerprint density at radius 2 is 1.69 bits per heavy atom. The highest BCUT2D eigenvalue weighted by atomic mass is 19.1. The van der Waals surface area contributed by atoms with Gasteiger partial charge in [-0.15, -0.1) is 0 Å². The number of fused-ring (bicyclic) bond motifs is 2. The fourth-order valence-corrected chi connectivity index (χ4v) is 2.82. The second kappa shape index (κ2) is 7.99. The maximum absolute atomic E-state index is 13.1. The Morgan fingerprint density at radius 1 is 1.00 bits per heavy atom. The lowest BCUT2D eigenvalue weighted by Gasteiger charge is -1.96. The lowest BCUT2D eigenvalue weighted by atomic mass is 10.1. The molecule has 0 aliphatic rings. The number of halogens is 1. The maximum atomic E-state index is 13.1. The lowest BCUT2D eigenvalue weighted by Crippen LogP contribution is -1.92. The number of aromatic nitrogens is 4. The first-order valence-electron chi connectivity index (χ1n) is 8.64. The summed E-state index contributed by atoms with van der Waals surface area (Å²) in [7, 11) is 1.95. The van der Waals surface area contributed by atoms with E-state index in [4.69, 9.17) is 5.73 Å². The first-order chi connectivity index (χ1) is 12.3. The van der Waals surface area contributed by atoms with E-state index in [0.29, 0.717) is 11.3 Å². The van der Waals surface area contributed by atoms with Gasteiger partial charge in [0.25, 0.3) is 0 Å². The molecule has 0 saturated carbocycles. The molecular formula is C20H26FN5. The highest BCUT2D eigenvalue weighted by Gasteiger charge is 2.04. The van der Waals surface area contributed by atoms with Crippen molar-refractivity contribution in [1.82, 2.24) is 19.2 Å². The number of nitrogens with two attached hydrogens (primary N) is 1. The molecule has 138 valence electrons. The zero-order valence-corrected chi connectivity index (χ0v) is 16.2. The topological polar surface area (TPSA) is 61.1 Å². The Hall–Kier alpha value is -2.89. The highest BCUT2D eigenvalue weighted by Crippen LogP contribution is 2.18. The van der Waals surface area contributed by atoms with E-state index in [1.54, 1.807) is 16.8 Å². The number of nitrogen functional groups attached to an aromatic ring is 1.